The van der Waals surface area contributed by atoms with E-state index in [0.717, 1.165) is 83.5 Å². The Morgan fingerprint density at radius 1 is 0.320 bits per heavy atom. The molecule has 0 aromatic rings. The summed E-state index contributed by atoms with van der Waals surface area (Å²) in [5.41, 5.74) is 0. The highest BCUT2D eigenvalue weighted by Crippen LogP contribution is 2.38. The highest BCUT2D eigenvalue weighted by Gasteiger charge is 2.22. The average Bonchev–Trinajstić information content (AvgIpc) is 1.02. The number of phosphoric acid groups is 1. The number of nitrogens with zero attached hydrogens (tertiary/aromatic N) is 1. The van der Waals surface area contributed by atoms with Crippen LogP contribution in [0.4, 0.5) is 0 Å². The Morgan fingerprint density at radius 2 is 0.570 bits per heavy atom. The van der Waals surface area contributed by atoms with E-state index in [1.807, 2.05) is 21.1 Å². The summed E-state index contributed by atoms with van der Waals surface area (Å²) in [6.07, 6.45) is 113. The molecule has 0 aliphatic carbocycles. The number of rotatable bonds is 80. The van der Waals surface area contributed by atoms with Gasteiger partial charge in [-0.2, -0.15) is 0 Å². The second kappa shape index (κ2) is 80.0. The Morgan fingerprint density at radius 3 is 0.850 bits per heavy atom. The molecule has 0 radical (unpaired) electrons. The van der Waals surface area contributed by atoms with Gasteiger partial charge in [0.15, 0.2) is 6.10 Å². The van der Waals surface area contributed by atoms with Crippen molar-refractivity contribution < 1.29 is 42.1 Å². The van der Waals surface area contributed by atoms with Gasteiger partial charge >= 0.3 is 11.9 Å². The maximum absolute atomic E-state index is 12.9. The molecule has 2 atom stereocenters. The third kappa shape index (κ3) is 83.9. The van der Waals surface area contributed by atoms with Crippen molar-refractivity contribution in [2.75, 3.05) is 47.5 Å². The van der Waals surface area contributed by atoms with Gasteiger partial charge in [0.2, 0.25) is 0 Å². The smallest absolute Gasteiger partial charge is 0.306 e. The van der Waals surface area contributed by atoms with Gasteiger partial charge in [-0.3, -0.25) is 14.2 Å². The Kier molecular flexibility index (Phi) is 77.6. The first-order chi connectivity index (χ1) is 49.0. The van der Waals surface area contributed by atoms with Crippen molar-refractivity contribution in [3.05, 3.63) is 97.2 Å². The van der Waals surface area contributed by atoms with E-state index in [1.165, 1.54) is 295 Å². The van der Waals surface area contributed by atoms with Crippen molar-refractivity contribution >= 4 is 19.8 Å². The van der Waals surface area contributed by atoms with Gasteiger partial charge in [-0.25, -0.2) is 0 Å². The molecule has 0 saturated carbocycles. The molecule has 100 heavy (non-hydrogen) atoms. The molecule has 0 bridgehead atoms. The molecule has 0 N–H and O–H groups in total. The lowest BCUT2D eigenvalue weighted by Crippen LogP contribution is -2.37. The fourth-order valence-corrected chi connectivity index (χ4v) is 13.3. The summed E-state index contributed by atoms with van der Waals surface area (Å²) in [4.78, 5) is 38.2. The Balaban J connectivity index is 3.89. The molecule has 0 aliphatic heterocycles. The molecule has 0 aromatic heterocycles. The third-order valence-electron chi connectivity index (χ3n) is 19.1. The molecule has 0 aromatic carbocycles. The normalized spacial score (nSPS) is 13.5. The van der Waals surface area contributed by atoms with Crippen LogP contribution in [0.25, 0.3) is 0 Å². The number of likely N-dealkylation sites (N-methyl/N-ethyl adjacent to an activating group) is 1. The number of unbranched alkanes of at least 4 members (excludes halogenated alkanes) is 50. The van der Waals surface area contributed by atoms with Crippen molar-refractivity contribution in [3.63, 3.8) is 0 Å². The van der Waals surface area contributed by atoms with Crippen molar-refractivity contribution in [2.45, 2.75) is 418 Å². The number of hydrogen-bond acceptors (Lipinski definition) is 8. The van der Waals surface area contributed by atoms with Crippen molar-refractivity contribution in [1.29, 1.82) is 0 Å². The number of carbonyl (C=O) groups excluding carboxylic acids is 2. The first-order valence-electron chi connectivity index (χ1n) is 42.9. The number of ether oxygens (including phenoxy) is 2. The monoisotopic (exact) mass is 1420 g/mol. The predicted octanol–water partition coefficient (Wildman–Crippen LogP) is 28.3. The quantitative estimate of drug-likeness (QED) is 0.0195. The Hall–Kier alpha value is -3.07. The summed E-state index contributed by atoms with van der Waals surface area (Å²) < 4.78 is 34.5. The summed E-state index contributed by atoms with van der Waals surface area (Å²) in [5, 5.41) is 0. The lowest BCUT2D eigenvalue weighted by atomic mass is 10.0. The summed E-state index contributed by atoms with van der Waals surface area (Å²) in [6.45, 7) is 4.18. The van der Waals surface area contributed by atoms with Crippen LogP contribution in [0.5, 0.6) is 0 Å². The summed E-state index contributed by atoms with van der Waals surface area (Å²) in [5.74, 6) is -0.813. The number of allylic oxidation sites excluding steroid dienone is 16. The Labute approximate surface area is 621 Å². The number of phosphoric ester groups is 1. The first-order valence-corrected chi connectivity index (χ1v) is 44.4. The summed E-state index contributed by atoms with van der Waals surface area (Å²) in [7, 11) is 1.18. The van der Waals surface area contributed by atoms with E-state index in [1.54, 1.807) is 0 Å². The molecule has 2 unspecified atom stereocenters. The molecular weight excluding hydrogens is 1250 g/mol. The molecule has 0 spiro atoms. The SMILES string of the molecule is CC/C=C\C/C=C\C/C=C\C/C=C\C/C=C\C/C=C\CCCCCCCCCCCCCCCCCCCCC(=O)OC(COC(=O)CCCCCCCCCCCCCCCCCCCCCCCCCCCCC/C=C\C/C=C\CCCCCCC)COP(=O)([O-])OCC[N+](C)(C)C. The maximum Gasteiger partial charge on any atom is 0.306 e. The minimum atomic E-state index is -4.65. The zero-order valence-corrected chi connectivity index (χ0v) is 67.5. The van der Waals surface area contributed by atoms with Crippen LogP contribution in [-0.2, 0) is 32.7 Å². The largest absolute Gasteiger partial charge is 0.756 e. The van der Waals surface area contributed by atoms with Crippen LogP contribution in [0.1, 0.15) is 412 Å². The fourth-order valence-electron chi connectivity index (χ4n) is 12.6. The van der Waals surface area contributed by atoms with Gasteiger partial charge in [-0.1, -0.05) is 400 Å². The molecule has 0 fully saturated rings. The molecule has 0 amide bonds. The van der Waals surface area contributed by atoms with Crippen LogP contribution >= 0.6 is 7.82 Å². The molecule has 582 valence electrons. The van der Waals surface area contributed by atoms with E-state index in [4.69, 9.17) is 18.5 Å². The second-order valence-electron chi connectivity index (χ2n) is 30.2. The van der Waals surface area contributed by atoms with E-state index < -0.39 is 26.5 Å². The number of carbonyl (C=O) groups is 2. The zero-order chi connectivity index (χ0) is 72.5. The lowest BCUT2D eigenvalue weighted by Gasteiger charge is -2.28. The minimum absolute atomic E-state index is 0.0304. The number of quaternary nitrogens is 1. The van der Waals surface area contributed by atoms with Crippen molar-refractivity contribution in [2.24, 2.45) is 0 Å². The molecule has 0 heterocycles. The molecule has 10 heteroatoms. The van der Waals surface area contributed by atoms with Crippen LogP contribution < -0.4 is 4.89 Å². The second-order valence-corrected chi connectivity index (χ2v) is 31.6. The molecule has 9 nitrogen and oxygen atoms in total. The van der Waals surface area contributed by atoms with Crippen LogP contribution in [-0.4, -0.2) is 70.0 Å². The molecule has 0 aliphatic rings. The van der Waals surface area contributed by atoms with E-state index in [9.17, 15) is 19.0 Å². The van der Waals surface area contributed by atoms with Gasteiger partial charge < -0.3 is 27.9 Å². The third-order valence-corrected chi connectivity index (χ3v) is 20.1. The van der Waals surface area contributed by atoms with Crippen LogP contribution in [0.3, 0.4) is 0 Å². The van der Waals surface area contributed by atoms with Crippen LogP contribution in [0, 0.1) is 0 Å². The predicted molar refractivity (Wildman–Crippen MR) is 434 cm³/mol. The highest BCUT2D eigenvalue weighted by molar-refractivity contribution is 7.45. The van der Waals surface area contributed by atoms with Gasteiger partial charge in [0.1, 0.15) is 19.8 Å². The fraction of sp³-hybridized carbons (Fsp3) is 0.800. The van der Waals surface area contributed by atoms with Crippen LogP contribution in [0.15, 0.2) is 97.2 Å². The standard InChI is InChI=1S/C90H164NO8P/c1-6-8-10-12-14-16-18-20-22-24-26-28-30-32-34-36-38-40-42-44-45-47-48-50-52-54-56-58-60-62-64-66-68-70-72-74-76-78-80-82-89(92)96-86-88(87-98-100(94,95)97-85-84-91(3,4)5)99-90(93)83-81-79-77-75-73-71-69-67-65-63-61-59-57-55-53-51-49-46-43-41-39-37-35-33-31-29-27-25-23-21-19-17-15-13-11-9-7-2/h9,11,15,17-18,20-21,23-24,26-27,29,33,35,39,41,88H,6-8,10,12-14,16,19,22,25,28,30-32,34,36-38,40,42-87H2,1-5H3/b11-9-,17-15-,20-18-,23-21-,26-24-,29-27-,35-33-,41-39-. The van der Waals surface area contributed by atoms with Gasteiger partial charge in [0, 0.05) is 12.8 Å². The maximum atomic E-state index is 12.9. The van der Waals surface area contributed by atoms with E-state index in [-0.39, 0.29) is 32.0 Å². The van der Waals surface area contributed by atoms with Crippen molar-refractivity contribution in [3.8, 4) is 0 Å². The first kappa shape index (κ1) is 96.9. The topological polar surface area (TPSA) is 111 Å². The zero-order valence-electron chi connectivity index (χ0n) is 66.6. The van der Waals surface area contributed by atoms with Gasteiger partial charge in [-0.05, 0) is 96.3 Å². The van der Waals surface area contributed by atoms with E-state index >= 15 is 0 Å². The van der Waals surface area contributed by atoms with Gasteiger partial charge in [0.25, 0.3) is 7.82 Å². The molecule has 0 rings (SSSR count). The van der Waals surface area contributed by atoms with Crippen molar-refractivity contribution in [1.82, 2.24) is 0 Å². The Bertz CT molecular complexity index is 2010. The van der Waals surface area contributed by atoms with E-state index in [0.29, 0.717) is 17.4 Å². The van der Waals surface area contributed by atoms with Gasteiger partial charge in [-0.15, -0.1) is 0 Å². The highest BCUT2D eigenvalue weighted by atomic mass is 31.2. The molecule has 0 saturated heterocycles. The summed E-state index contributed by atoms with van der Waals surface area (Å²) in [6, 6.07) is 0. The minimum Gasteiger partial charge on any atom is -0.756 e. The lowest BCUT2D eigenvalue weighted by molar-refractivity contribution is -0.870. The molecular formula is C90H164NO8P. The van der Waals surface area contributed by atoms with Crippen LogP contribution in [0.2, 0.25) is 0 Å². The number of esters is 2. The average molecular weight is 1420 g/mol. The summed E-state index contributed by atoms with van der Waals surface area (Å²) >= 11 is 0. The number of hydrogen-bond donors (Lipinski definition) is 0. The van der Waals surface area contributed by atoms with Gasteiger partial charge in [0.05, 0.1) is 27.7 Å². The van der Waals surface area contributed by atoms with E-state index in [2.05, 4.69) is 111 Å².